The Balaban J connectivity index is 1.79. The number of hydrogen-bond donors (Lipinski definition) is 1. The molecule has 0 radical (unpaired) electrons. The second kappa shape index (κ2) is 6.62. The zero-order valence-corrected chi connectivity index (χ0v) is 12.8. The molecule has 0 saturated heterocycles. The van der Waals surface area contributed by atoms with Crippen molar-refractivity contribution in [1.82, 2.24) is 9.78 Å². The van der Waals surface area contributed by atoms with Crippen LogP contribution in [0.25, 0.3) is 0 Å². The smallest absolute Gasteiger partial charge is 0.260 e. The summed E-state index contributed by atoms with van der Waals surface area (Å²) in [5.41, 5.74) is 1.37. The minimum Gasteiger partial charge on any atom is -0.322 e. The van der Waals surface area contributed by atoms with Crippen LogP contribution in [0.3, 0.4) is 0 Å². The van der Waals surface area contributed by atoms with E-state index < -0.39 is 11.7 Å². The molecule has 23 heavy (non-hydrogen) atoms. The molecule has 6 heteroatoms. The summed E-state index contributed by atoms with van der Waals surface area (Å²) in [7, 11) is 0. The maximum absolute atomic E-state index is 13.8. The van der Waals surface area contributed by atoms with Crippen LogP contribution in [0, 0.1) is 5.82 Å². The maximum atomic E-state index is 13.8. The Morgan fingerprint density at radius 2 is 2.04 bits per heavy atom. The van der Waals surface area contributed by atoms with Crippen molar-refractivity contribution in [3.63, 3.8) is 0 Å². The Bertz CT molecular complexity index is 813. The number of nitrogens with zero attached hydrogens (tertiary/aromatic N) is 2. The molecule has 1 heterocycles. The first kappa shape index (κ1) is 15.2. The first-order valence-electron chi connectivity index (χ1n) is 6.95. The fraction of sp³-hybridized carbons (Fsp3) is 0.0588. The number of carbonyl (C=O) groups is 1. The number of amides is 1. The third kappa shape index (κ3) is 3.57. The molecular weight excluding hydrogens is 317 g/mol. The van der Waals surface area contributed by atoms with Crippen LogP contribution >= 0.6 is 11.6 Å². The van der Waals surface area contributed by atoms with Gasteiger partial charge in [-0.25, -0.2) is 4.39 Å². The molecule has 0 aliphatic carbocycles. The van der Waals surface area contributed by atoms with Gasteiger partial charge in [0.25, 0.3) is 5.91 Å². The van der Waals surface area contributed by atoms with E-state index in [-0.39, 0.29) is 10.6 Å². The van der Waals surface area contributed by atoms with Crippen LogP contribution in [0.2, 0.25) is 5.02 Å². The van der Waals surface area contributed by atoms with E-state index in [0.29, 0.717) is 12.2 Å². The second-order valence-electron chi connectivity index (χ2n) is 4.95. The maximum Gasteiger partial charge on any atom is 0.260 e. The van der Waals surface area contributed by atoms with E-state index in [9.17, 15) is 9.18 Å². The van der Waals surface area contributed by atoms with Gasteiger partial charge in [-0.2, -0.15) is 5.10 Å². The molecule has 0 aliphatic rings. The topological polar surface area (TPSA) is 46.9 Å². The van der Waals surface area contributed by atoms with Crippen LogP contribution in [0.1, 0.15) is 15.9 Å². The molecule has 1 N–H and O–H groups in total. The summed E-state index contributed by atoms with van der Waals surface area (Å²) in [6, 6.07) is 13.3. The van der Waals surface area contributed by atoms with Gasteiger partial charge in [0.05, 0.1) is 17.1 Å². The van der Waals surface area contributed by atoms with E-state index in [4.69, 9.17) is 11.6 Å². The number of anilines is 1. The van der Waals surface area contributed by atoms with E-state index in [2.05, 4.69) is 10.4 Å². The molecule has 0 saturated carbocycles. The number of carbonyl (C=O) groups excluding carboxylic acids is 1. The van der Waals surface area contributed by atoms with Gasteiger partial charge in [-0.3, -0.25) is 9.48 Å². The van der Waals surface area contributed by atoms with E-state index in [1.807, 2.05) is 30.5 Å². The van der Waals surface area contributed by atoms with Crippen LogP contribution in [0.15, 0.2) is 60.9 Å². The molecule has 116 valence electrons. The highest BCUT2D eigenvalue weighted by molar-refractivity contribution is 6.34. The van der Waals surface area contributed by atoms with Crippen molar-refractivity contribution in [1.29, 1.82) is 0 Å². The van der Waals surface area contributed by atoms with Crippen LogP contribution in [-0.2, 0) is 6.54 Å². The van der Waals surface area contributed by atoms with E-state index >= 15 is 0 Å². The lowest BCUT2D eigenvalue weighted by Crippen LogP contribution is -2.14. The molecule has 1 amide bonds. The number of halogens is 2. The van der Waals surface area contributed by atoms with Gasteiger partial charge in [0.15, 0.2) is 0 Å². The van der Waals surface area contributed by atoms with Gasteiger partial charge in [-0.1, -0.05) is 29.8 Å². The Hall–Kier alpha value is -2.66. The number of nitrogens with one attached hydrogen (secondary N) is 1. The van der Waals surface area contributed by atoms with E-state index in [1.165, 1.54) is 18.2 Å². The molecular formula is C17H13ClFN3O. The van der Waals surface area contributed by atoms with Crippen molar-refractivity contribution in [2.24, 2.45) is 0 Å². The number of aromatic nitrogens is 2. The summed E-state index contributed by atoms with van der Waals surface area (Å²) in [5.74, 6) is -1.23. The van der Waals surface area contributed by atoms with Gasteiger partial charge in [0.1, 0.15) is 5.82 Å². The third-order valence-corrected chi connectivity index (χ3v) is 3.59. The number of hydrogen-bond acceptors (Lipinski definition) is 2. The fourth-order valence-corrected chi connectivity index (χ4v) is 2.49. The highest BCUT2D eigenvalue weighted by Crippen LogP contribution is 2.21. The zero-order valence-electron chi connectivity index (χ0n) is 12.0. The van der Waals surface area contributed by atoms with Crippen LogP contribution in [0.5, 0.6) is 0 Å². The standard InChI is InChI=1S/C17H13ClFN3O/c18-14-6-2-7-15(19)16(14)17(23)21-13-5-1-4-12(10-13)11-22-9-3-8-20-22/h1-10H,11H2,(H,21,23). The summed E-state index contributed by atoms with van der Waals surface area (Å²) >= 11 is 5.90. The first-order valence-corrected chi connectivity index (χ1v) is 7.33. The zero-order chi connectivity index (χ0) is 16.2. The summed E-state index contributed by atoms with van der Waals surface area (Å²) < 4.78 is 15.6. The summed E-state index contributed by atoms with van der Waals surface area (Å²) in [5, 5.41) is 6.88. The van der Waals surface area contributed by atoms with Crippen molar-refractivity contribution in [3.05, 3.63) is 82.9 Å². The van der Waals surface area contributed by atoms with Crippen LogP contribution in [0.4, 0.5) is 10.1 Å². The highest BCUT2D eigenvalue weighted by Gasteiger charge is 2.15. The summed E-state index contributed by atoms with van der Waals surface area (Å²) in [6.07, 6.45) is 3.55. The van der Waals surface area contributed by atoms with Crippen molar-refractivity contribution in [2.75, 3.05) is 5.32 Å². The van der Waals surface area contributed by atoms with E-state index in [0.717, 1.165) is 5.56 Å². The molecule has 0 unspecified atom stereocenters. The molecule has 4 nitrogen and oxygen atoms in total. The highest BCUT2D eigenvalue weighted by atomic mass is 35.5. The van der Waals surface area contributed by atoms with Crippen LogP contribution in [-0.4, -0.2) is 15.7 Å². The molecule has 3 rings (SSSR count). The quantitative estimate of drug-likeness (QED) is 0.787. The Morgan fingerprint density at radius 1 is 1.22 bits per heavy atom. The predicted molar refractivity (Wildman–Crippen MR) is 87.1 cm³/mol. The SMILES string of the molecule is O=C(Nc1cccc(Cn2cccn2)c1)c1c(F)cccc1Cl. The molecule has 0 aliphatic heterocycles. The lowest BCUT2D eigenvalue weighted by molar-refractivity contribution is 0.102. The molecule has 2 aromatic carbocycles. The minimum atomic E-state index is -0.650. The molecule has 1 aromatic heterocycles. The van der Waals surface area contributed by atoms with Crippen LogP contribution < -0.4 is 5.32 Å². The first-order chi connectivity index (χ1) is 11.1. The largest absolute Gasteiger partial charge is 0.322 e. The Kier molecular flexibility index (Phi) is 4.39. The average molecular weight is 330 g/mol. The lowest BCUT2D eigenvalue weighted by Gasteiger charge is -2.09. The van der Waals surface area contributed by atoms with Gasteiger partial charge in [0.2, 0.25) is 0 Å². The predicted octanol–water partition coefficient (Wildman–Crippen LogP) is 3.98. The fourth-order valence-electron chi connectivity index (χ4n) is 2.24. The number of benzene rings is 2. The van der Waals surface area contributed by atoms with Gasteiger partial charge in [-0.05, 0) is 35.9 Å². The van der Waals surface area contributed by atoms with Crippen molar-refractivity contribution < 1.29 is 9.18 Å². The minimum absolute atomic E-state index is 0.0789. The molecule has 0 fully saturated rings. The molecule has 3 aromatic rings. The van der Waals surface area contributed by atoms with Crippen molar-refractivity contribution >= 4 is 23.2 Å². The molecule has 0 spiro atoms. The monoisotopic (exact) mass is 329 g/mol. The van der Waals surface area contributed by atoms with E-state index in [1.54, 1.807) is 16.9 Å². The normalized spacial score (nSPS) is 10.5. The Labute approximate surface area is 137 Å². The summed E-state index contributed by atoms with van der Waals surface area (Å²) in [4.78, 5) is 12.2. The van der Waals surface area contributed by atoms with Crippen molar-refractivity contribution in [3.8, 4) is 0 Å². The van der Waals surface area contributed by atoms with Crippen molar-refractivity contribution in [2.45, 2.75) is 6.54 Å². The average Bonchev–Trinajstić information content (AvgIpc) is 3.00. The second-order valence-corrected chi connectivity index (χ2v) is 5.36. The van der Waals surface area contributed by atoms with Gasteiger partial charge < -0.3 is 5.32 Å². The molecule has 0 atom stereocenters. The number of rotatable bonds is 4. The lowest BCUT2D eigenvalue weighted by atomic mass is 10.1. The third-order valence-electron chi connectivity index (χ3n) is 3.28. The Morgan fingerprint density at radius 3 is 2.78 bits per heavy atom. The van der Waals surface area contributed by atoms with Gasteiger partial charge >= 0.3 is 0 Å². The van der Waals surface area contributed by atoms with Gasteiger partial charge in [0, 0.05) is 18.1 Å². The van der Waals surface area contributed by atoms with Gasteiger partial charge in [-0.15, -0.1) is 0 Å². The summed E-state index contributed by atoms with van der Waals surface area (Å²) in [6.45, 7) is 0.581. The molecule has 0 bridgehead atoms.